The Morgan fingerprint density at radius 2 is 1.64 bits per heavy atom. The molecular formula is C17H32N2O3. The van der Waals surface area contributed by atoms with Crippen molar-refractivity contribution >= 4 is 6.09 Å². The number of likely N-dealkylation sites (tertiary alicyclic amines) is 1. The molecular weight excluding hydrogens is 280 g/mol. The highest BCUT2D eigenvalue weighted by atomic mass is 16.6. The van der Waals surface area contributed by atoms with E-state index < -0.39 is 16.7 Å². The maximum absolute atomic E-state index is 12.2. The predicted octanol–water partition coefficient (Wildman–Crippen LogP) is 2.80. The molecule has 0 aromatic rings. The Morgan fingerprint density at radius 1 is 1.09 bits per heavy atom. The molecule has 1 unspecified atom stereocenters. The van der Waals surface area contributed by atoms with Crippen molar-refractivity contribution in [3.63, 3.8) is 0 Å². The summed E-state index contributed by atoms with van der Waals surface area (Å²) in [6, 6.07) is 0. The van der Waals surface area contributed by atoms with Gasteiger partial charge in [0, 0.05) is 12.1 Å². The van der Waals surface area contributed by atoms with Crippen LogP contribution in [-0.4, -0.2) is 45.9 Å². The fourth-order valence-electron chi connectivity index (χ4n) is 3.68. The van der Waals surface area contributed by atoms with Crippen LogP contribution < -0.4 is 5.73 Å². The van der Waals surface area contributed by atoms with Crippen LogP contribution in [0.25, 0.3) is 0 Å². The van der Waals surface area contributed by atoms with Crippen molar-refractivity contribution in [3.05, 3.63) is 0 Å². The highest BCUT2D eigenvalue weighted by Crippen LogP contribution is 2.39. The molecule has 2 fully saturated rings. The fourth-order valence-corrected chi connectivity index (χ4v) is 3.68. The van der Waals surface area contributed by atoms with Crippen molar-refractivity contribution in [2.24, 2.45) is 5.73 Å². The second-order valence-electron chi connectivity index (χ2n) is 8.11. The zero-order chi connectivity index (χ0) is 16.4. The van der Waals surface area contributed by atoms with E-state index >= 15 is 0 Å². The third-order valence-corrected chi connectivity index (χ3v) is 5.07. The molecule has 1 saturated heterocycles. The lowest BCUT2D eigenvalue weighted by molar-refractivity contribution is -0.0406. The van der Waals surface area contributed by atoms with Gasteiger partial charge in [-0.1, -0.05) is 32.1 Å². The number of carbonyl (C=O) groups is 1. The minimum absolute atomic E-state index is 0.290. The molecule has 3 N–H and O–H groups in total. The number of carbonyl (C=O) groups excluding carboxylic acids is 1. The van der Waals surface area contributed by atoms with E-state index in [9.17, 15) is 9.90 Å². The molecule has 1 amide bonds. The van der Waals surface area contributed by atoms with Crippen molar-refractivity contribution in [2.75, 3.05) is 13.1 Å². The first kappa shape index (κ1) is 17.5. The molecule has 22 heavy (non-hydrogen) atoms. The first-order valence-electron chi connectivity index (χ1n) is 8.64. The smallest absolute Gasteiger partial charge is 0.410 e. The zero-order valence-electron chi connectivity index (χ0n) is 14.4. The van der Waals surface area contributed by atoms with Gasteiger partial charge in [0.25, 0.3) is 0 Å². The van der Waals surface area contributed by atoms with Gasteiger partial charge in [0.2, 0.25) is 0 Å². The van der Waals surface area contributed by atoms with Crippen LogP contribution in [0.15, 0.2) is 0 Å². The molecule has 5 nitrogen and oxygen atoms in total. The van der Waals surface area contributed by atoms with Gasteiger partial charge in [-0.05, 0) is 40.0 Å². The number of hydrogen-bond donors (Lipinski definition) is 2. The minimum Gasteiger partial charge on any atom is -0.444 e. The van der Waals surface area contributed by atoms with Gasteiger partial charge in [0.1, 0.15) is 11.2 Å². The summed E-state index contributed by atoms with van der Waals surface area (Å²) in [4.78, 5) is 13.8. The minimum atomic E-state index is -0.985. The highest BCUT2D eigenvalue weighted by Gasteiger charge is 2.52. The Balaban J connectivity index is 2.03. The summed E-state index contributed by atoms with van der Waals surface area (Å²) in [6.07, 6.45) is 7.63. The van der Waals surface area contributed by atoms with E-state index in [0.29, 0.717) is 19.5 Å². The summed E-state index contributed by atoms with van der Waals surface area (Å²) in [6.45, 7) is 6.37. The normalized spacial score (nSPS) is 29.8. The number of rotatable bonds is 1. The van der Waals surface area contributed by atoms with E-state index in [-0.39, 0.29) is 6.09 Å². The molecule has 1 atom stereocenters. The molecule has 1 saturated carbocycles. The molecule has 1 aliphatic carbocycles. The van der Waals surface area contributed by atoms with Gasteiger partial charge in [0.05, 0.1) is 6.54 Å². The van der Waals surface area contributed by atoms with E-state index in [1.165, 1.54) is 19.3 Å². The van der Waals surface area contributed by atoms with E-state index in [2.05, 4.69) is 0 Å². The van der Waals surface area contributed by atoms with Gasteiger partial charge in [0.15, 0.2) is 0 Å². The van der Waals surface area contributed by atoms with Crippen LogP contribution in [0.1, 0.15) is 72.1 Å². The molecule has 2 rings (SSSR count). The largest absolute Gasteiger partial charge is 0.444 e. The Labute approximate surface area is 134 Å². The lowest BCUT2D eigenvalue weighted by Crippen LogP contribution is -2.62. The molecule has 0 aromatic carbocycles. The summed E-state index contributed by atoms with van der Waals surface area (Å²) in [5.41, 5.74) is 4.55. The summed E-state index contributed by atoms with van der Waals surface area (Å²) in [5, 5.41) is 11.1. The molecule has 0 bridgehead atoms. The highest BCUT2D eigenvalue weighted by molar-refractivity contribution is 5.68. The van der Waals surface area contributed by atoms with Crippen molar-refractivity contribution in [2.45, 2.75) is 88.9 Å². The summed E-state index contributed by atoms with van der Waals surface area (Å²) >= 11 is 0. The SMILES string of the molecule is CC(C)(C)OC(=O)N1CCC(O)(C2(N)CCCCCCC2)C1. The number of amides is 1. The standard InChI is InChI=1S/C17H32N2O3/c1-15(2,3)22-14(20)19-12-11-17(21,13-19)16(18)9-7-5-4-6-8-10-16/h21H,4-13,18H2,1-3H3. The first-order valence-corrected chi connectivity index (χ1v) is 8.64. The summed E-state index contributed by atoms with van der Waals surface area (Å²) < 4.78 is 5.41. The Hall–Kier alpha value is -0.810. The van der Waals surface area contributed by atoms with Gasteiger partial charge in [-0.15, -0.1) is 0 Å². The fraction of sp³-hybridized carbons (Fsp3) is 0.941. The molecule has 0 spiro atoms. The van der Waals surface area contributed by atoms with Crippen LogP contribution in [0, 0.1) is 0 Å². The van der Waals surface area contributed by atoms with Gasteiger partial charge in [-0.2, -0.15) is 0 Å². The molecule has 1 aliphatic heterocycles. The molecule has 0 aromatic heterocycles. The third kappa shape index (κ3) is 3.93. The van der Waals surface area contributed by atoms with Gasteiger partial charge in [-0.25, -0.2) is 4.79 Å². The van der Waals surface area contributed by atoms with Crippen LogP contribution in [-0.2, 0) is 4.74 Å². The van der Waals surface area contributed by atoms with E-state index in [0.717, 1.165) is 25.7 Å². The quantitative estimate of drug-likeness (QED) is 0.780. The number of nitrogens with zero attached hydrogens (tertiary/aromatic N) is 1. The number of nitrogens with two attached hydrogens (primary N) is 1. The van der Waals surface area contributed by atoms with Crippen LogP contribution in [0.2, 0.25) is 0 Å². The van der Waals surface area contributed by atoms with Crippen LogP contribution in [0.3, 0.4) is 0 Å². The second kappa shape index (κ2) is 6.36. The van der Waals surface area contributed by atoms with Crippen LogP contribution in [0.4, 0.5) is 4.79 Å². The average molecular weight is 312 g/mol. The monoisotopic (exact) mass is 312 g/mol. The first-order chi connectivity index (χ1) is 10.2. The summed E-state index contributed by atoms with van der Waals surface area (Å²) in [7, 11) is 0. The molecule has 5 heteroatoms. The Bertz CT molecular complexity index is 397. The van der Waals surface area contributed by atoms with E-state index in [4.69, 9.17) is 10.5 Å². The molecule has 2 aliphatic rings. The maximum Gasteiger partial charge on any atom is 0.410 e. The van der Waals surface area contributed by atoms with E-state index in [1.807, 2.05) is 20.8 Å². The lowest BCUT2D eigenvalue weighted by Gasteiger charge is -2.43. The zero-order valence-corrected chi connectivity index (χ0v) is 14.4. The van der Waals surface area contributed by atoms with Gasteiger partial charge in [-0.3, -0.25) is 0 Å². The Kier molecular flexibility index (Phi) is 5.07. The van der Waals surface area contributed by atoms with Crippen LogP contribution in [0.5, 0.6) is 0 Å². The average Bonchev–Trinajstić information content (AvgIpc) is 2.77. The number of ether oxygens (including phenoxy) is 1. The maximum atomic E-state index is 12.2. The second-order valence-corrected chi connectivity index (χ2v) is 8.11. The van der Waals surface area contributed by atoms with Gasteiger partial charge >= 0.3 is 6.09 Å². The van der Waals surface area contributed by atoms with E-state index in [1.54, 1.807) is 4.90 Å². The Morgan fingerprint density at radius 3 is 2.18 bits per heavy atom. The lowest BCUT2D eigenvalue weighted by atomic mass is 9.71. The number of β-amino-alcohol motifs (C(OH)–C–C–N with tert-alkyl or cyclic N) is 1. The van der Waals surface area contributed by atoms with Crippen LogP contribution >= 0.6 is 0 Å². The predicted molar refractivity (Wildman–Crippen MR) is 86.6 cm³/mol. The van der Waals surface area contributed by atoms with Crippen molar-refractivity contribution in [1.29, 1.82) is 0 Å². The molecule has 128 valence electrons. The van der Waals surface area contributed by atoms with Gasteiger partial charge < -0.3 is 20.5 Å². The topological polar surface area (TPSA) is 75.8 Å². The van der Waals surface area contributed by atoms with Crippen molar-refractivity contribution in [1.82, 2.24) is 4.90 Å². The van der Waals surface area contributed by atoms with Crippen molar-refractivity contribution in [3.8, 4) is 0 Å². The number of hydrogen-bond acceptors (Lipinski definition) is 4. The number of aliphatic hydroxyl groups is 1. The van der Waals surface area contributed by atoms with Crippen molar-refractivity contribution < 1.29 is 14.6 Å². The third-order valence-electron chi connectivity index (χ3n) is 5.07. The molecule has 1 heterocycles. The molecule has 0 radical (unpaired) electrons. The summed E-state index contributed by atoms with van der Waals surface area (Å²) in [5.74, 6) is 0.